The molecule has 10 heteroatoms. The van der Waals surface area contributed by atoms with Gasteiger partial charge in [-0.1, -0.05) is 36.4 Å². The Morgan fingerprint density at radius 3 is 2.41 bits per heavy atom. The Kier molecular flexibility index (Phi) is 11.9. The Morgan fingerprint density at radius 1 is 1.03 bits per heavy atom. The Balaban J connectivity index is 2.27. The van der Waals surface area contributed by atoms with Gasteiger partial charge in [0.15, 0.2) is 6.10 Å². The van der Waals surface area contributed by atoms with Gasteiger partial charge < -0.3 is 24.1 Å². The molecule has 2 rings (SSSR count). The summed E-state index contributed by atoms with van der Waals surface area (Å²) >= 11 is 3.88. The van der Waals surface area contributed by atoms with E-state index in [0.717, 1.165) is 0 Å². The summed E-state index contributed by atoms with van der Waals surface area (Å²) in [7, 11) is 0. The van der Waals surface area contributed by atoms with Gasteiger partial charge >= 0.3 is 12.1 Å². The molecule has 2 atom stereocenters. The first kappa shape index (κ1) is 27.2. The fourth-order valence-electron chi connectivity index (χ4n) is 3.11. The zero-order chi connectivity index (χ0) is 24.8. The number of esters is 1. The number of hydrogen-bond donors (Lipinski definition) is 3. The molecule has 0 heterocycles. The lowest BCUT2D eigenvalue weighted by Crippen LogP contribution is -2.36. The Hall–Kier alpha value is -3.08. The number of amides is 2. The maximum atomic E-state index is 12.7. The number of nitrogens with one attached hydrogen (secondary N) is 1. The minimum Gasteiger partial charge on any atom is -0.491 e. The summed E-state index contributed by atoms with van der Waals surface area (Å²) < 4.78 is 22.2. The maximum Gasteiger partial charge on any atom is 0.414 e. The standard InChI is InChI=1S/C24H29NO8S/c1-2-30-20(12-14-32-21(27)16-34)22(18-10-6-7-11-19(18)31-15-13-26)33-24(29)25-23(28)17-8-4-3-5-9-17/h3-11,20,22,26,34H,2,12-16H2,1H3,(H,25,28,29)/t20-,22-/m1/s1. The zero-order valence-corrected chi connectivity index (χ0v) is 19.7. The Bertz CT molecular complexity index is 924. The van der Waals surface area contributed by atoms with Crippen molar-refractivity contribution in [1.29, 1.82) is 0 Å². The van der Waals surface area contributed by atoms with E-state index in [9.17, 15) is 14.4 Å². The molecule has 0 saturated heterocycles. The summed E-state index contributed by atoms with van der Waals surface area (Å²) in [5.74, 6) is -0.805. The second-order valence-electron chi connectivity index (χ2n) is 6.92. The van der Waals surface area contributed by atoms with E-state index >= 15 is 0 Å². The maximum absolute atomic E-state index is 12.7. The van der Waals surface area contributed by atoms with Gasteiger partial charge in [0.1, 0.15) is 18.5 Å². The quantitative estimate of drug-likeness (QED) is 0.289. The van der Waals surface area contributed by atoms with Gasteiger partial charge in [0.25, 0.3) is 5.91 Å². The van der Waals surface area contributed by atoms with Crippen LogP contribution in [0.4, 0.5) is 4.79 Å². The van der Waals surface area contributed by atoms with Crippen molar-refractivity contribution in [2.24, 2.45) is 0 Å². The molecule has 0 unspecified atom stereocenters. The average molecular weight is 492 g/mol. The summed E-state index contributed by atoms with van der Waals surface area (Å²) in [4.78, 5) is 36.6. The highest BCUT2D eigenvalue weighted by Gasteiger charge is 2.31. The normalized spacial score (nSPS) is 12.3. The molecule has 34 heavy (non-hydrogen) atoms. The largest absolute Gasteiger partial charge is 0.491 e. The number of imide groups is 1. The van der Waals surface area contributed by atoms with E-state index in [2.05, 4.69) is 17.9 Å². The van der Waals surface area contributed by atoms with E-state index in [1.807, 2.05) is 0 Å². The van der Waals surface area contributed by atoms with Crippen molar-refractivity contribution in [2.45, 2.75) is 25.6 Å². The molecule has 0 bridgehead atoms. The van der Waals surface area contributed by atoms with Crippen LogP contribution in [0.5, 0.6) is 5.75 Å². The Labute approximate surface area is 203 Å². The lowest BCUT2D eigenvalue weighted by atomic mass is 10.0. The third-order valence-corrected chi connectivity index (χ3v) is 4.83. The number of ether oxygens (including phenoxy) is 4. The molecular formula is C24H29NO8S. The average Bonchev–Trinajstić information content (AvgIpc) is 2.86. The van der Waals surface area contributed by atoms with Crippen LogP contribution in [0, 0.1) is 0 Å². The van der Waals surface area contributed by atoms with Crippen LogP contribution in [-0.2, 0) is 19.0 Å². The minimum atomic E-state index is -1.01. The van der Waals surface area contributed by atoms with Crippen LogP contribution in [0.25, 0.3) is 0 Å². The molecule has 0 spiro atoms. The molecule has 184 valence electrons. The van der Waals surface area contributed by atoms with Crippen LogP contribution in [0.3, 0.4) is 0 Å². The number of alkyl carbamates (subject to hydrolysis) is 1. The molecule has 2 aromatic rings. The van der Waals surface area contributed by atoms with E-state index in [0.29, 0.717) is 16.9 Å². The van der Waals surface area contributed by atoms with Gasteiger partial charge in [-0.3, -0.25) is 14.9 Å². The summed E-state index contributed by atoms with van der Waals surface area (Å²) in [5.41, 5.74) is 0.764. The first-order valence-electron chi connectivity index (χ1n) is 10.8. The topological polar surface area (TPSA) is 120 Å². The smallest absolute Gasteiger partial charge is 0.414 e. The summed E-state index contributed by atoms with van der Waals surface area (Å²) in [6, 6.07) is 15.1. The molecule has 0 saturated carbocycles. The first-order chi connectivity index (χ1) is 16.5. The van der Waals surface area contributed by atoms with E-state index in [-0.39, 0.29) is 38.6 Å². The van der Waals surface area contributed by atoms with E-state index < -0.39 is 30.2 Å². The highest BCUT2D eigenvalue weighted by Crippen LogP contribution is 2.33. The van der Waals surface area contributed by atoms with Crippen LogP contribution in [0.15, 0.2) is 54.6 Å². The molecule has 0 aliphatic rings. The number of thiol groups is 1. The molecule has 2 N–H and O–H groups in total. The van der Waals surface area contributed by atoms with Gasteiger partial charge in [0.2, 0.25) is 0 Å². The second kappa shape index (κ2) is 14.9. The summed E-state index contributed by atoms with van der Waals surface area (Å²) in [5, 5.41) is 11.4. The first-order valence-corrected chi connectivity index (χ1v) is 11.4. The number of carbonyl (C=O) groups excluding carboxylic acids is 3. The predicted molar refractivity (Wildman–Crippen MR) is 127 cm³/mol. The van der Waals surface area contributed by atoms with Gasteiger partial charge in [-0.25, -0.2) is 4.79 Å². The van der Waals surface area contributed by atoms with Crippen LogP contribution < -0.4 is 10.1 Å². The lowest BCUT2D eigenvalue weighted by molar-refractivity contribution is -0.142. The van der Waals surface area contributed by atoms with Gasteiger partial charge in [-0.15, -0.1) is 0 Å². The van der Waals surface area contributed by atoms with Gasteiger partial charge in [0, 0.05) is 24.2 Å². The second-order valence-corrected chi connectivity index (χ2v) is 7.23. The molecule has 0 fully saturated rings. The highest BCUT2D eigenvalue weighted by atomic mass is 32.1. The predicted octanol–water partition coefficient (Wildman–Crippen LogP) is 2.93. The van der Waals surface area contributed by atoms with Crippen molar-refractivity contribution < 1.29 is 38.4 Å². The monoisotopic (exact) mass is 491 g/mol. The molecule has 0 radical (unpaired) electrons. The van der Waals surface area contributed by atoms with Crippen molar-refractivity contribution >= 4 is 30.6 Å². The van der Waals surface area contributed by atoms with E-state index in [1.54, 1.807) is 61.5 Å². The molecular weight excluding hydrogens is 462 g/mol. The fraction of sp³-hybridized carbons (Fsp3) is 0.375. The Morgan fingerprint density at radius 2 is 1.74 bits per heavy atom. The SMILES string of the molecule is CCO[C@H](CCOC(=O)CS)[C@H](OC(=O)NC(=O)c1ccccc1)c1ccccc1OCCO. The third-order valence-electron chi connectivity index (χ3n) is 4.57. The lowest BCUT2D eigenvalue weighted by Gasteiger charge is -2.28. The summed E-state index contributed by atoms with van der Waals surface area (Å²) in [6.45, 7) is 1.89. The number of para-hydroxylation sites is 1. The van der Waals surface area contributed by atoms with Crippen molar-refractivity contribution in [3.63, 3.8) is 0 Å². The van der Waals surface area contributed by atoms with Crippen molar-refractivity contribution in [3.8, 4) is 5.75 Å². The molecule has 0 aromatic heterocycles. The van der Waals surface area contributed by atoms with Crippen molar-refractivity contribution in [1.82, 2.24) is 5.32 Å². The molecule has 2 amide bonds. The number of hydrogen-bond acceptors (Lipinski definition) is 9. The number of aliphatic hydroxyl groups excluding tert-OH is 1. The number of carbonyl (C=O) groups is 3. The van der Waals surface area contributed by atoms with Crippen molar-refractivity contribution in [2.75, 3.05) is 32.2 Å². The van der Waals surface area contributed by atoms with E-state index in [1.165, 1.54) is 0 Å². The van der Waals surface area contributed by atoms with Gasteiger partial charge in [0.05, 0.1) is 19.0 Å². The number of benzene rings is 2. The summed E-state index contributed by atoms with van der Waals surface area (Å²) in [6.07, 6.45) is -2.51. The van der Waals surface area contributed by atoms with Crippen LogP contribution >= 0.6 is 12.6 Å². The number of aliphatic hydroxyl groups is 1. The number of rotatable bonds is 13. The zero-order valence-electron chi connectivity index (χ0n) is 18.8. The van der Waals surface area contributed by atoms with Crippen LogP contribution in [-0.4, -0.2) is 61.4 Å². The molecule has 2 aromatic carbocycles. The van der Waals surface area contributed by atoms with Crippen LogP contribution in [0.2, 0.25) is 0 Å². The van der Waals surface area contributed by atoms with Gasteiger partial charge in [-0.05, 0) is 25.1 Å². The fourth-order valence-corrected chi connectivity index (χ4v) is 3.20. The van der Waals surface area contributed by atoms with Crippen molar-refractivity contribution in [3.05, 3.63) is 65.7 Å². The third kappa shape index (κ3) is 8.69. The van der Waals surface area contributed by atoms with Crippen LogP contribution in [0.1, 0.15) is 35.4 Å². The van der Waals surface area contributed by atoms with E-state index in [4.69, 9.17) is 24.1 Å². The molecule has 0 aliphatic carbocycles. The molecule has 0 aliphatic heterocycles. The highest BCUT2D eigenvalue weighted by molar-refractivity contribution is 7.81. The van der Waals surface area contributed by atoms with Gasteiger partial charge in [-0.2, -0.15) is 12.6 Å². The molecule has 9 nitrogen and oxygen atoms in total. The minimum absolute atomic E-state index is 0.00808.